The Hall–Kier alpha value is -1.43. The Labute approximate surface area is 129 Å². The molecule has 0 amide bonds. The normalized spacial score (nSPS) is 17.1. The highest BCUT2D eigenvalue weighted by Gasteiger charge is 2.19. The maximum Gasteiger partial charge on any atom is 0.180 e. The molecule has 3 rings (SSSR count). The highest BCUT2D eigenvalue weighted by atomic mass is 32.1. The summed E-state index contributed by atoms with van der Waals surface area (Å²) in [5.74, 6) is 0. The first-order valence-corrected chi connectivity index (χ1v) is 8.25. The Kier molecular flexibility index (Phi) is 4.85. The molecule has 1 aliphatic rings. The van der Waals surface area contributed by atoms with Crippen LogP contribution in [0.4, 0.5) is 5.13 Å². The lowest BCUT2D eigenvalue weighted by molar-refractivity contribution is -0.00502. The van der Waals surface area contributed by atoms with E-state index >= 15 is 0 Å². The van der Waals surface area contributed by atoms with Gasteiger partial charge in [-0.3, -0.25) is 4.90 Å². The van der Waals surface area contributed by atoms with Crippen molar-refractivity contribution in [2.75, 3.05) is 18.8 Å². The fourth-order valence-electron chi connectivity index (χ4n) is 2.67. The number of nitrogens with two attached hydrogens (primary N) is 1. The van der Waals surface area contributed by atoms with Crippen LogP contribution in [-0.4, -0.2) is 29.1 Å². The SMILES string of the molecule is Nc1nc(COC2CCN(Cc3ccccc3)CC2)cs1. The van der Waals surface area contributed by atoms with Gasteiger partial charge in [0.15, 0.2) is 5.13 Å². The summed E-state index contributed by atoms with van der Waals surface area (Å²) < 4.78 is 5.94. The minimum Gasteiger partial charge on any atom is -0.375 e. The van der Waals surface area contributed by atoms with Gasteiger partial charge in [-0.2, -0.15) is 0 Å². The van der Waals surface area contributed by atoms with E-state index in [-0.39, 0.29) is 0 Å². The number of hydrogen-bond donors (Lipinski definition) is 1. The second-order valence-corrected chi connectivity index (χ2v) is 6.34. The zero-order chi connectivity index (χ0) is 14.5. The monoisotopic (exact) mass is 303 g/mol. The molecular weight excluding hydrogens is 282 g/mol. The third kappa shape index (κ3) is 4.27. The molecule has 21 heavy (non-hydrogen) atoms. The van der Waals surface area contributed by atoms with Crippen LogP contribution in [0, 0.1) is 0 Å². The Bertz CT molecular complexity index is 550. The molecule has 2 N–H and O–H groups in total. The quantitative estimate of drug-likeness (QED) is 0.923. The minimum atomic E-state index is 0.347. The van der Waals surface area contributed by atoms with Crippen LogP contribution in [0.5, 0.6) is 0 Å². The van der Waals surface area contributed by atoms with Crippen molar-refractivity contribution >= 4 is 16.5 Å². The van der Waals surface area contributed by atoms with Gasteiger partial charge in [0, 0.05) is 25.0 Å². The number of benzene rings is 1. The Morgan fingerprint density at radius 3 is 2.67 bits per heavy atom. The first-order valence-electron chi connectivity index (χ1n) is 7.37. The van der Waals surface area contributed by atoms with Gasteiger partial charge in [-0.25, -0.2) is 4.98 Å². The molecule has 0 spiro atoms. The molecule has 1 fully saturated rings. The Morgan fingerprint density at radius 2 is 2.00 bits per heavy atom. The van der Waals surface area contributed by atoms with Crippen molar-refractivity contribution in [3.63, 3.8) is 0 Å². The predicted octanol–water partition coefficient (Wildman–Crippen LogP) is 2.91. The highest BCUT2D eigenvalue weighted by molar-refractivity contribution is 7.13. The third-order valence-electron chi connectivity index (χ3n) is 3.82. The summed E-state index contributed by atoms with van der Waals surface area (Å²) >= 11 is 1.47. The first kappa shape index (κ1) is 14.5. The van der Waals surface area contributed by atoms with E-state index in [9.17, 15) is 0 Å². The number of nitrogens with zero attached hydrogens (tertiary/aromatic N) is 2. The van der Waals surface area contributed by atoms with E-state index in [0.29, 0.717) is 17.8 Å². The number of rotatable bonds is 5. The Balaban J connectivity index is 1.40. The molecule has 1 aromatic carbocycles. The summed E-state index contributed by atoms with van der Waals surface area (Å²) in [5, 5.41) is 2.59. The van der Waals surface area contributed by atoms with Crippen LogP contribution in [0.2, 0.25) is 0 Å². The van der Waals surface area contributed by atoms with E-state index in [1.807, 2.05) is 5.38 Å². The van der Waals surface area contributed by atoms with Gasteiger partial charge in [0.1, 0.15) is 0 Å². The maximum absolute atomic E-state index is 5.94. The number of aromatic nitrogens is 1. The molecule has 4 nitrogen and oxygen atoms in total. The van der Waals surface area contributed by atoms with Crippen molar-refractivity contribution in [1.82, 2.24) is 9.88 Å². The smallest absolute Gasteiger partial charge is 0.180 e. The second kappa shape index (κ2) is 7.02. The summed E-state index contributed by atoms with van der Waals surface area (Å²) in [4.78, 5) is 6.72. The van der Waals surface area contributed by atoms with Crippen molar-refractivity contribution in [2.24, 2.45) is 0 Å². The summed E-state index contributed by atoms with van der Waals surface area (Å²) in [7, 11) is 0. The van der Waals surface area contributed by atoms with E-state index < -0.39 is 0 Å². The van der Waals surface area contributed by atoms with Gasteiger partial charge < -0.3 is 10.5 Å². The molecule has 0 unspecified atom stereocenters. The van der Waals surface area contributed by atoms with Gasteiger partial charge in [0.05, 0.1) is 18.4 Å². The number of likely N-dealkylation sites (tertiary alicyclic amines) is 1. The van der Waals surface area contributed by atoms with Gasteiger partial charge in [0.25, 0.3) is 0 Å². The number of nitrogen functional groups attached to an aromatic ring is 1. The summed E-state index contributed by atoms with van der Waals surface area (Å²) in [6.45, 7) is 3.81. The topological polar surface area (TPSA) is 51.4 Å². The number of ether oxygens (including phenoxy) is 1. The van der Waals surface area contributed by atoms with Gasteiger partial charge in [-0.15, -0.1) is 11.3 Å². The zero-order valence-electron chi connectivity index (χ0n) is 12.1. The molecule has 0 atom stereocenters. The van der Waals surface area contributed by atoms with Crippen molar-refractivity contribution < 1.29 is 4.74 Å². The Morgan fingerprint density at radius 1 is 1.24 bits per heavy atom. The molecule has 112 valence electrons. The van der Waals surface area contributed by atoms with Crippen LogP contribution < -0.4 is 5.73 Å². The van der Waals surface area contributed by atoms with Crippen LogP contribution in [0.25, 0.3) is 0 Å². The molecule has 0 radical (unpaired) electrons. The fourth-order valence-corrected chi connectivity index (χ4v) is 3.22. The first-order chi connectivity index (χ1) is 10.3. The fraction of sp³-hybridized carbons (Fsp3) is 0.438. The van der Waals surface area contributed by atoms with Gasteiger partial charge >= 0.3 is 0 Å². The summed E-state index contributed by atoms with van der Waals surface area (Å²) in [6, 6.07) is 10.6. The van der Waals surface area contributed by atoms with Crippen LogP contribution in [0.1, 0.15) is 24.1 Å². The number of piperidine rings is 1. The van der Waals surface area contributed by atoms with E-state index in [4.69, 9.17) is 10.5 Å². The van der Waals surface area contributed by atoms with E-state index in [2.05, 4.69) is 40.2 Å². The second-order valence-electron chi connectivity index (χ2n) is 5.45. The largest absolute Gasteiger partial charge is 0.375 e. The molecule has 1 aliphatic heterocycles. The van der Waals surface area contributed by atoms with E-state index in [0.717, 1.165) is 38.2 Å². The molecule has 0 aliphatic carbocycles. The van der Waals surface area contributed by atoms with Crippen molar-refractivity contribution in [2.45, 2.75) is 32.1 Å². The van der Waals surface area contributed by atoms with Crippen LogP contribution >= 0.6 is 11.3 Å². The third-order valence-corrected chi connectivity index (χ3v) is 4.54. The predicted molar refractivity (Wildman–Crippen MR) is 86.1 cm³/mol. The van der Waals surface area contributed by atoms with Crippen molar-refractivity contribution in [3.05, 3.63) is 47.0 Å². The lowest BCUT2D eigenvalue weighted by Gasteiger charge is -2.31. The molecule has 0 bridgehead atoms. The maximum atomic E-state index is 5.94. The number of anilines is 1. The van der Waals surface area contributed by atoms with Crippen molar-refractivity contribution in [3.8, 4) is 0 Å². The molecule has 1 aromatic heterocycles. The minimum absolute atomic E-state index is 0.347. The molecule has 5 heteroatoms. The number of hydrogen-bond acceptors (Lipinski definition) is 5. The van der Waals surface area contributed by atoms with E-state index in [1.54, 1.807) is 0 Å². The van der Waals surface area contributed by atoms with Crippen LogP contribution in [0.15, 0.2) is 35.7 Å². The summed E-state index contributed by atoms with van der Waals surface area (Å²) in [6.07, 6.45) is 2.53. The standard InChI is InChI=1S/C16H21N3OS/c17-16-18-14(12-21-16)11-20-15-6-8-19(9-7-15)10-13-4-2-1-3-5-13/h1-5,12,15H,6-11H2,(H2,17,18). The van der Waals surface area contributed by atoms with Gasteiger partial charge in [-0.1, -0.05) is 30.3 Å². The lowest BCUT2D eigenvalue weighted by Crippen LogP contribution is -2.36. The van der Waals surface area contributed by atoms with Gasteiger partial charge in [-0.05, 0) is 18.4 Å². The molecule has 1 saturated heterocycles. The molecule has 2 aromatic rings. The van der Waals surface area contributed by atoms with Crippen molar-refractivity contribution in [1.29, 1.82) is 0 Å². The number of thiazole rings is 1. The van der Waals surface area contributed by atoms with E-state index in [1.165, 1.54) is 16.9 Å². The highest BCUT2D eigenvalue weighted by Crippen LogP contribution is 2.18. The van der Waals surface area contributed by atoms with Gasteiger partial charge in [0.2, 0.25) is 0 Å². The molecule has 2 heterocycles. The lowest BCUT2D eigenvalue weighted by atomic mass is 10.1. The van der Waals surface area contributed by atoms with Crippen LogP contribution in [0.3, 0.4) is 0 Å². The zero-order valence-corrected chi connectivity index (χ0v) is 12.9. The average molecular weight is 303 g/mol. The van der Waals surface area contributed by atoms with Crippen LogP contribution in [-0.2, 0) is 17.9 Å². The summed E-state index contributed by atoms with van der Waals surface area (Å²) in [5.41, 5.74) is 7.96. The molecular formula is C16H21N3OS. The molecule has 0 saturated carbocycles. The average Bonchev–Trinajstić information content (AvgIpc) is 2.93.